The van der Waals surface area contributed by atoms with Gasteiger partial charge in [0.2, 0.25) is 0 Å². The van der Waals surface area contributed by atoms with Crippen molar-refractivity contribution in [2.75, 3.05) is 20.1 Å². The highest BCUT2D eigenvalue weighted by atomic mass is 35.5. The molecule has 0 saturated carbocycles. The van der Waals surface area contributed by atoms with E-state index in [1.807, 2.05) is 25.2 Å². The lowest BCUT2D eigenvalue weighted by atomic mass is 10.0. The zero-order valence-corrected chi connectivity index (χ0v) is 22.6. The average Bonchev–Trinajstić information content (AvgIpc) is 2.80. The molecule has 0 aromatic heterocycles. The number of benzene rings is 2. The number of rotatable bonds is 9. The van der Waals surface area contributed by atoms with E-state index in [1.165, 1.54) is 6.07 Å². The second-order valence-electron chi connectivity index (χ2n) is 8.71. The number of ether oxygens (including phenoxy) is 1. The summed E-state index contributed by atoms with van der Waals surface area (Å²) in [7, 11) is 4.39. The summed E-state index contributed by atoms with van der Waals surface area (Å²) in [4.78, 5) is 6.70. The monoisotopic (exact) mass is 547 g/mol. The van der Waals surface area contributed by atoms with Crippen molar-refractivity contribution in [3.05, 3.63) is 62.6 Å². The molecular formula is C25H31Cl2F3N3OP. The molecule has 1 saturated heterocycles. The molecule has 1 aliphatic rings. The minimum atomic E-state index is -4.83. The van der Waals surface area contributed by atoms with Gasteiger partial charge in [0, 0.05) is 40.3 Å². The van der Waals surface area contributed by atoms with E-state index in [9.17, 15) is 13.2 Å². The molecule has 2 aromatic carbocycles. The maximum Gasteiger partial charge on any atom is 0.573 e. The molecule has 0 amide bonds. The third-order valence-corrected chi connectivity index (χ3v) is 7.17. The zero-order chi connectivity index (χ0) is 25.6. The van der Waals surface area contributed by atoms with Gasteiger partial charge in [-0.15, -0.1) is 13.2 Å². The fourth-order valence-electron chi connectivity index (χ4n) is 4.30. The Balaban J connectivity index is 1.89. The van der Waals surface area contributed by atoms with Crippen molar-refractivity contribution in [3.8, 4) is 5.75 Å². The molecule has 0 aliphatic carbocycles. The Hall–Kier alpha value is -1.37. The molecule has 0 radical (unpaired) electrons. The largest absolute Gasteiger partial charge is 0.573 e. The van der Waals surface area contributed by atoms with Gasteiger partial charge in [-0.2, -0.15) is 0 Å². The lowest BCUT2D eigenvalue weighted by molar-refractivity contribution is -0.275. The van der Waals surface area contributed by atoms with Crippen LogP contribution in [0.3, 0.4) is 0 Å². The van der Waals surface area contributed by atoms with E-state index in [2.05, 4.69) is 36.1 Å². The Bertz CT molecular complexity index is 1050. The van der Waals surface area contributed by atoms with Crippen LogP contribution in [-0.2, 0) is 19.5 Å². The predicted octanol–water partition coefficient (Wildman–Crippen LogP) is 6.85. The van der Waals surface area contributed by atoms with Crippen LogP contribution >= 0.6 is 32.4 Å². The van der Waals surface area contributed by atoms with E-state index in [4.69, 9.17) is 23.2 Å². The van der Waals surface area contributed by atoms with Gasteiger partial charge in [0.1, 0.15) is 5.75 Å². The Morgan fingerprint density at radius 1 is 1.23 bits per heavy atom. The summed E-state index contributed by atoms with van der Waals surface area (Å²) in [6.45, 7) is 4.24. The fraction of sp³-hybridized carbons (Fsp3) is 0.480. The van der Waals surface area contributed by atoms with Gasteiger partial charge in [0.25, 0.3) is 0 Å². The van der Waals surface area contributed by atoms with Crippen LogP contribution in [-0.4, -0.2) is 42.9 Å². The van der Waals surface area contributed by atoms with Crippen molar-refractivity contribution in [2.24, 2.45) is 4.99 Å². The zero-order valence-electron chi connectivity index (χ0n) is 19.9. The molecule has 0 bridgehead atoms. The van der Waals surface area contributed by atoms with Crippen LogP contribution in [0.2, 0.25) is 10.0 Å². The molecule has 10 heteroatoms. The van der Waals surface area contributed by atoms with E-state index < -0.39 is 6.36 Å². The molecule has 2 unspecified atom stereocenters. The maximum atomic E-state index is 13.3. The Labute approximate surface area is 217 Å². The van der Waals surface area contributed by atoms with Gasteiger partial charge in [0.05, 0.1) is 12.0 Å². The SMILES string of the molecule is CCCc1ccc(Cl)cc1CN=C(P)c1cc(Cl)c(CN2CCCC(NC)C2)c(OC(F)(F)F)c1. The van der Waals surface area contributed by atoms with Gasteiger partial charge < -0.3 is 10.1 Å². The van der Waals surface area contributed by atoms with Crippen LogP contribution < -0.4 is 10.1 Å². The number of likely N-dealkylation sites (tertiary alicyclic amines) is 1. The summed E-state index contributed by atoms with van der Waals surface area (Å²) in [6, 6.07) is 9.02. The van der Waals surface area contributed by atoms with E-state index in [0.717, 1.165) is 49.9 Å². The number of nitrogens with zero attached hydrogens (tertiary/aromatic N) is 2. The lowest BCUT2D eigenvalue weighted by Gasteiger charge is -2.33. The normalized spacial score (nSPS) is 17.6. The number of nitrogens with one attached hydrogen (secondary N) is 1. The smallest absolute Gasteiger partial charge is 0.405 e. The first kappa shape index (κ1) is 28.2. The van der Waals surface area contributed by atoms with Crippen molar-refractivity contribution in [1.29, 1.82) is 0 Å². The van der Waals surface area contributed by atoms with Crippen molar-refractivity contribution in [1.82, 2.24) is 10.2 Å². The van der Waals surface area contributed by atoms with Gasteiger partial charge in [-0.1, -0.05) is 51.9 Å². The minimum Gasteiger partial charge on any atom is -0.405 e. The van der Waals surface area contributed by atoms with Crippen molar-refractivity contribution in [2.45, 2.75) is 58.1 Å². The van der Waals surface area contributed by atoms with Crippen molar-refractivity contribution >= 4 is 37.9 Å². The van der Waals surface area contributed by atoms with E-state index in [0.29, 0.717) is 34.2 Å². The van der Waals surface area contributed by atoms with Crippen molar-refractivity contribution in [3.63, 3.8) is 0 Å². The molecule has 0 spiro atoms. The molecule has 1 aliphatic heterocycles. The molecule has 4 nitrogen and oxygen atoms in total. The van der Waals surface area contributed by atoms with Crippen LogP contribution in [0.5, 0.6) is 5.75 Å². The Morgan fingerprint density at radius 3 is 2.69 bits per heavy atom. The molecule has 2 atom stereocenters. The number of aryl methyl sites for hydroxylation is 1. The number of alkyl halides is 3. The molecule has 1 fully saturated rings. The number of aliphatic imine (C=N–C) groups is 1. The lowest BCUT2D eigenvalue weighted by Crippen LogP contribution is -2.44. The highest BCUT2D eigenvalue weighted by Gasteiger charge is 2.33. The summed E-state index contributed by atoms with van der Waals surface area (Å²) in [5.74, 6) is -0.295. The third kappa shape index (κ3) is 8.33. The molecule has 35 heavy (non-hydrogen) atoms. The molecule has 3 rings (SSSR count). The van der Waals surface area contributed by atoms with Gasteiger partial charge in [-0.3, -0.25) is 9.89 Å². The first-order chi connectivity index (χ1) is 16.6. The highest BCUT2D eigenvalue weighted by molar-refractivity contribution is 7.42. The summed E-state index contributed by atoms with van der Waals surface area (Å²) in [6.07, 6.45) is -0.968. The molecule has 192 valence electrons. The molecular weight excluding hydrogens is 517 g/mol. The highest BCUT2D eigenvalue weighted by Crippen LogP contribution is 2.35. The van der Waals surface area contributed by atoms with Crippen LogP contribution in [0.1, 0.15) is 48.4 Å². The molecule has 1 heterocycles. The fourth-order valence-corrected chi connectivity index (χ4v) is 5.03. The van der Waals surface area contributed by atoms with Gasteiger partial charge in [-0.25, -0.2) is 0 Å². The quantitative estimate of drug-likeness (QED) is 0.275. The summed E-state index contributed by atoms with van der Waals surface area (Å²) < 4.78 is 44.2. The first-order valence-electron chi connectivity index (χ1n) is 11.6. The number of hydrogen-bond acceptors (Lipinski definition) is 4. The maximum absolute atomic E-state index is 13.3. The van der Waals surface area contributed by atoms with Crippen LogP contribution in [0.4, 0.5) is 13.2 Å². The van der Waals surface area contributed by atoms with Crippen LogP contribution in [0.25, 0.3) is 0 Å². The van der Waals surface area contributed by atoms with Gasteiger partial charge in [0.15, 0.2) is 0 Å². The number of piperidine rings is 1. The minimum absolute atomic E-state index is 0.220. The van der Waals surface area contributed by atoms with Crippen LogP contribution in [0.15, 0.2) is 35.3 Å². The first-order valence-corrected chi connectivity index (χ1v) is 13.0. The summed E-state index contributed by atoms with van der Waals surface area (Å²) >= 11 is 12.7. The van der Waals surface area contributed by atoms with Crippen molar-refractivity contribution < 1.29 is 17.9 Å². The van der Waals surface area contributed by atoms with E-state index in [-0.39, 0.29) is 17.3 Å². The standard InChI is InChI=1S/C25H31Cl2F3N3OP/c1-3-5-16-7-8-19(26)10-18(16)13-32-24(35)17-11-22(27)21(23(12-17)34-25(28,29)30)15-33-9-4-6-20(14-33)31-2/h7-8,10-12,20,31H,3-6,9,13-15,35H2,1-2H3. The molecule has 2 aromatic rings. The number of hydrogen-bond donors (Lipinski definition) is 1. The van der Waals surface area contributed by atoms with Gasteiger partial charge in [-0.05, 0) is 68.2 Å². The predicted molar refractivity (Wildman–Crippen MR) is 141 cm³/mol. The second-order valence-corrected chi connectivity index (χ2v) is 10.1. The van der Waals surface area contributed by atoms with E-state index in [1.54, 1.807) is 6.07 Å². The van der Waals surface area contributed by atoms with Gasteiger partial charge >= 0.3 is 6.36 Å². The Morgan fingerprint density at radius 2 is 2.00 bits per heavy atom. The number of halogens is 5. The average molecular weight is 548 g/mol. The van der Waals surface area contributed by atoms with Crippen LogP contribution in [0, 0.1) is 0 Å². The number of likely N-dealkylation sites (N-methyl/N-ethyl adjacent to an activating group) is 1. The summed E-state index contributed by atoms with van der Waals surface area (Å²) in [5, 5.41) is 4.08. The second kappa shape index (κ2) is 12.7. The summed E-state index contributed by atoms with van der Waals surface area (Å²) in [5.41, 5.74) is 3.39. The third-order valence-electron chi connectivity index (χ3n) is 6.08. The Kier molecular flexibility index (Phi) is 10.3. The topological polar surface area (TPSA) is 36.9 Å². The molecule has 1 N–H and O–H groups in total. The van der Waals surface area contributed by atoms with E-state index >= 15 is 0 Å².